The van der Waals surface area contributed by atoms with Crippen molar-refractivity contribution in [3.8, 4) is 5.75 Å². The summed E-state index contributed by atoms with van der Waals surface area (Å²) >= 11 is 6.14. The molecule has 0 atom stereocenters. The van der Waals surface area contributed by atoms with Crippen molar-refractivity contribution in [2.45, 2.75) is 20.8 Å². The van der Waals surface area contributed by atoms with Crippen molar-refractivity contribution in [1.82, 2.24) is 4.98 Å². The summed E-state index contributed by atoms with van der Waals surface area (Å²) < 4.78 is 5.39. The van der Waals surface area contributed by atoms with Crippen molar-refractivity contribution in [3.05, 3.63) is 52.3 Å². The average molecular weight is 305 g/mol. The van der Waals surface area contributed by atoms with Crippen molar-refractivity contribution >= 4 is 23.2 Å². The van der Waals surface area contributed by atoms with Crippen LogP contribution in [0.1, 0.15) is 28.5 Å². The molecule has 0 bridgehead atoms. The molecule has 5 heteroatoms. The van der Waals surface area contributed by atoms with Gasteiger partial charge in [0.1, 0.15) is 5.75 Å². The van der Waals surface area contributed by atoms with Gasteiger partial charge in [0, 0.05) is 5.56 Å². The molecule has 0 saturated heterocycles. The zero-order chi connectivity index (χ0) is 15.4. The molecule has 110 valence electrons. The Labute approximate surface area is 129 Å². The van der Waals surface area contributed by atoms with Gasteiger partial charge in [-0.25, -0.2) is 0 Å². The third-order valence-electron chi connectivity index (χ3n) is 3.09. The minimum Gasteiger partial charge on any atom is -0.494 e. The summed E-state index contributed by atoms with van der Waals surface area (Å²) in [6, 6.07) is 7.04. The van der Waals surface area contributed by atoms with Crippen LogP contribution in [0.5, 0.6) is 5.75 Å². The number of rotatable bonds is 4. The van der Waals surface area contributed by atoms with Crippen LogP contribution in [0.4, 0.5) is 5.69 Å². The molecule has 0 saturated carbocycles. The van der Waals surface area contributed by atoms with Gasteiger partial charge in [-0.3, -0.25) is 9.78 Å². The van der Waals surface area contributed by atoms with Crippen LogP contribution in [-0.4, -0.2) is 17.5 Å². The van der Waals surface area contributed by atoms with Crippen LogP contribution in [0.3, 0.4) is 0 Å². The van der Waals surface area contributed by atoms with Gasteiger partial charge in [0.2, 0.25) is 0 Å². The summed E-state index contributed by atoms with van der Waals surface area (Å²) in [6.07, 6.45) is 1.61. The summed E-state index contributed by atoms with van der Waals surface area (Å²) in [6.45, 7) is 6.13. The lowest BCUT2D eigenvalue weighted by Gasteiger charge is -2.11. The number of ether oxygens (including phenoxy) is 1. The highest BCUT2D eigenvalue weighted by atomic mass is 35.5. The van der Waals surface area contributed by atoms with Crippen LogP contribution in [0, 0.1) is 13.8 Å². The highest BCUT2D eigenvalue weighted by Gasteiger charge is 2.12. The molecule has 0 radical (unpaired) electrons. The van der Waals surface area contributed by atoms with E-state index >= 15 is 0 Å². The Morgan fingerprint density at radius 3 is 2.86 bits per heavy atom. The highest BCUT2D eigenvalue weighted by Crippen LogP contribution is 2.25. The van der Waals surface area contributed by atoms with E-state index in [9.17, 15) is 4.79 Å². The van der Waals surface area contributed by atoms with Gasteiger partial charge in [-0.1, -0.05) is 17.7 Å². The Morgan fingerprint density at radius 2 is 2.14 bits per heavy atom. The van der Waals surface area contributed by atoms with Gasteiger partial charge in [0.15, 0.2) is 0 Å². The van der Waals surface area contributed by atoms with E-state index in [4.69, 9.17) is 16.3 Å². The Hall–Kier alpha value is -2.07. The fraction of sp³-hybridized carbons (Fsp3) is 0.250. The Morgan fingerprint density at radius 1 is 1.38 bits per heavy atom. The van der Waals surface area contributed by atoms with Gasteiger partial charge in [-0.05, 0) is 44.5 Å². The first-order valence-corrected chi connectivity index (χ1v) is 7.06. The van der Waals surface area contributed by atoms with Crippen LogP contribution in [0.25, 0.3) is 0 Å². The molecule has 1 amide bonds. The van der Waals surface area contributed by atoms with E-state index in [1.165, 1.54) is 0 Å². The first-order valence-electron chi connectivity index (χ1n) is 6.68. The fourth-order valence-electron chi connectivity index (χ4n) is 1.92. The third-order valence-corrected chi connectivity index (χ3v) is 3.65. The molecule has 0 aliphatic heterocycles. The largest absolute Gasteiger partial charge is 0.494 e. The number of aromatic nitrogens is 1. The van der Waals surface area contributed by atoms with Gasteiger partial charge in [0.25, 0.3) is 5.91 Å². The number of benzene rings is 1. The second-order valence-electron chi connectivity index (χ2n) is 4.61. The maximum Gasteiger partial charge on any atom is 0.255 e. The number of anilines is 1. The number of amides is 1. The van der Waals surface area contributed by atoms with Gasteiger partial charge < -0.3 is 10.1 Å². The topological polar surface area (TPSA) is 51.2 Å². The summed E-state index contributed by atoms with van der Waals surface area (Å²) in [5, 5.41) is 3.39. The number of hydrogen-bond acceptors (Lipinski definition) is 3. The van der Waals surface area contributed by atoms with E-state index in [0.29, 0.717) is 28.6 Å². The van der Waals surface area contributed by atoms with Crippen LogP contribution in [0.15, 0.2) is 30.5 Å². The van der Waals surface area contributed by atoms with Crippen LogP contribution < -0.4 is 10.1 Å². The molecule has 0 spiro atoms. The number of halogens is 1. The van der Waals surface area contributed by atoms with Gasteiger partial charge >= 0.3 is 0 Å². The van der Waals surface area contributed by atoms with Crippen molar-refractivity contribution < 1.29 is 9.53 Å². The number of carbonyl (C=O) groups excluding carboxylic acids is 1. The SMILES string of the molecule is CCOc1cccc(C(=O)Nc2cnc(C)c(Cl)c2C)c1. The second kappa shape index (κ2) is 6.59. The summed E-state index contributed by atoms with van der Waals surface area (Å²) in [5.41, 5.74) is 2.68. The Kier molecular flexibility index (Phi) is 4.81. The summed E-state index contributed by atoms with van der Waals surface area (Å²) in [7, 11) is 0. The van der Waals surface area contributed by atoms with Crippen LogP contribution in [0.2, 0.25) is 5.02 Å². The van der Waals surface area contributed by atoms with Crippen molar-refractivity contribution in [3.63, 3.8) is 0 Å². The summed E-state index contributed by atoms with van der Waals surface area (Å²) in [5.74, 6) is 0.448. The number of nitrogens with one attached hydrogen (secondary N) is 1. The fourth-order valence-corrected chi connectivity index (χ4v) is 2.07. The number of nitrogens with zero attached hydrogens (tertiary/aromatic N) is 1. The van der Waals surface area contributed by atoms with E-state index in [2.05, 4.69) is 10.3 Å². The second-order valence-corrected chi connectivity index (χ2v) is 4.99. The molecule has 0 aliphatic rings. The molecule has 1 N–H and O–H groups in total. The lowest BCUT2D eigenvalue weighted by Crippen LogP contribution is -2.13. The first-order chi connectivity index (χ1) is 10.0. The molecule has 2 rings (SSSR count). The van der Waals surface area contributed by atoms with E-state index in [1.54, 1.807) is 24.4 Å². The van der Waals surface area contributed by atoms with E-state index in [1.807, 2.05) is 26.8 Å². The molecule has 1 heterocycles. The maximum absolute atomic E-state index is 12.3. The maximum atomic E-state index is 12.3. The molecular formula is C16H17ClN2O2. The molecule has 2 aromatic rings. The third kappa shape index (κ3) is 3.52. The van der Waals surface area contributed by atoms with Crippen molar-refractivity contribution in [2.24, 2.45) is 0 Å². The minimum atomic E-state index is -0.221. The number of aryl methyl sites for hydroxylation is 1. The zero-order valence-corrected chi connectivity index (χ0v) is 13.0. The molecule has 0 aliphatic carbocycles. The van der Waals surface area contributed by atoms with Crippen molar-refractivity contribution in [1.29, 1.82) is 0 Å². The normalized spacial score (nSPS) is 10.3. The smallest absolute Gasteiger partial charge is 0.255 e. The van der Waals surface area contributed by atoms with Gasteiger partial charge in [-0.15, -0.1) is 0 Å². The number of hydrogen-bond donors (Lipinski definition) is 1. The predicted molar refractivity (Wildman–Crippen MR) is 84.3 cm³/mol. The molecule has 21 heavy (non-hydrogen) atoms. The molecule has 4 nitrogen and oxygen atoms in total. The highest BCUT2D eigenvalue weighted by molar-refractivity contribution is 6.32. The molecule has 0 unspecified atom stereocenters. The minimum absolute atomic E-state index is 0.221. The number of carbonyl (C=O) groups is 1. The molecule has 1 aromatic carbocycles. The van der Waals surface area contributed by atoms with Gasteiger partial charge in [-0.2, -0.15) is 0 Å². The van der Waals surface area contributed by atoms with E-state index in [-0.39, 0.29) is 5.91 Å². The first kappa shape index (κ1) is 15.3. The number of pyridine rings is 1. The van der Waals surface area contributed by atoms with Crippen molar-refractivity contribution in [2.75, 3.05) is 11.9 Å². The van der Waals surface area contributed by atoms with Crippen LogP contribution in [-0.2, 0) is 0 Å². The quantitative estimate of drug-likeness (QED) is 0.928. The lowest BCUT2D eigenvalue weighted by molar-refractivity contribution is 0.102. The predicted octanol–water partition coefficient (Wildman–Crippen LogP) is 4.00. The van der Waals surface area contributed by atoms with Crippen LogP contribution >= 0.6 is 11.6 Å². The van der Waals surface area contributed by atoms with Gasteiger partial charge in [0.05, 0.1) is 29.2 Å². The lowest BCUT2D eigenvalue weighted by atomic mass is 10.1. The van der Waals surface area contributed by atoms with E-state index < -0.39 is 0 Å². The molecular weight excluding hydrogens is 288 g/mol. The Bertz CT molecular complexity index is 671. The zero-order valence-electron chi connectivity index (χ0n) is 12.2. The monoisotopic (exact) mass is 304 g/mol. The average Bonchev–Trinajstić information content (AvgIpc) is 2.48. The summed E-state index contributed by atoms with van der Waals surface area (Å²) in [4.78, 5) is 16.4. The standard InChI is InChI=1S/C16H17ClN2O2/c1-4-21-13-7-5-6-12(8-13)16(20)19-14-9-18-11(3)15(17)10(14)2/h5-9H,4H2,1-3H3,(H,19,20). The van der Waals surface area contributed by atoms with E-state index in [0.717, 1.165) is 11.3 Å². The molecule has 0 fully saturated rings. The Balaban J connectivity index is 2.22. The molecule has 1 aromatic heterocycles.